The number of sulfonamides is 1. The Hall–Kier alpha value is -1.20. The van der Waals surface area contributed by atoms with E-state index in [1.165, 1.54) is 11.3 Å². The maximum atomic E-state index is 12.1. The first-order valence-electron chi connectivity index (χ1n) is 8.75. The molecule has 0 spiro atoms. The standard InChI is InChI=1S/C16H28N4O4S2/c1-2-17-15(19-12-16(5-9-21)6-10-24-13-16)18-7-8-20-26(22,23)14-4-3-11-25-14/h3-4,11,20-21H,2,5-10,12-13H2,1H3,(H2,17,18,19). The molecule has 1 aromatic heterocycles. The van der Waals surface area contributed by atoms with Crippen molar-refractivity contribution in [2.45, 2.75) is 24.0 Å². The lowest BCUT2D eigenvalue weighted by molar-refractivity contribution is 0.131. The molecule has 0 amide bonds. The highest BCUT2D eigenvalue weighted by Gasteiger charge is 2.34. The highest BCUT2D eigenvalue weighted by Crippen LogP contribution is 2.32. The Morgan fingerprint density at radius 3 is 2.88 bits per heavy atom. The SMILES string of the molecule is CCNC(=NCC1(CCO)CCOC1)NCCNS(=O)(=O)c1cccs1. The highest BCUT2D eigenvalue weighted by atomic mass is 32.2. The van der Waals surface area contributed by atoms with Gasteiger partial charge in [-0.05, 0) is 31.2 Å². The number of nitrogens with one attached hydrogen (secondary N) is 3. The zero-order chi connectivity index (χ0) is 18.9. The first-order chi connectivity index (χ1) is 12.5. The molecule has 8 nitrogen and oxygen atoms in total. The number of ether oxygens (including phenoxy) is 1. The molecule has 2 heterocycles. The van der Waals surface area contributed by atoms with Gasteiger partial charge in [0, 0.05) is 38.3 Å². The number of rotatable bonds is 10. The van der Waals surface area contributed by atoms with Gasteiger partial charge in [-0.2, -0.15) is 0 Å². The normalized spacial score (nSPS) is 21.1. The van der Waals surface area contributed by atoms with Crippen molar-refractivity contribution in [2.24, 2.45) is 10.4 Å². The minimum absolute atomic E-state index is 0.113. The van der Waals surface area contributed by atoms with E-state index in [0.29, 0.717) is 49.4 Å². The molecule has 1 saturated heterocycles. The van der Waals surface area contributed by atoms with E-state index >= 15 is 0 Å². The van der Waals surface area contributed by atoms with E-state index in [2.05, 4.69) is 20.3 Å². The van der Waals surface area contributed by atoms with Gasteiger partial charge in [-0.1, -0.05) is 6.07 Å². The van der Waals surface area contributed by atoms with Crippen molar-refractivity contribution in [1.82, 2.24) is 15.4 Å². The molecule has 0 bridgehead atoms. The van der Waals surface area contributed by atoms with Gasteiger partial charge in [0.2, 0.25) is 10.0 Å². The maximum absolute atomic E-state index is 12.1. The van der Waals surface area contributed by atoms with Crippen LogP contribution in [0.5, 0.6) is 0 Å². The molecule has 1 aromatic rings. The zero-order valence-electron chi connectivity index (χ0n) is 15.0. The third-order valence-corrected chi connectivity index (χ3v) is 7.07. The predicted octanol–water partition coefficient (Wildman–Crippen LogP) is 0.371. The van der Waals surface area contributed by atoms with Crippen molar-refractivity contribution in [1.29, 1.82) is 0 Å². The summed E-state index contributed by atoms with van der Waals surface area (Å²) >= 11 is 1.19. The summed E-state index contributed by atoms with van der Waals surface area (Å²) in [6.07, 6.45) is 1.55. The summed E-state index contributed by atoms with van der Waals surface area (Å²) in [5, 5.41) is 17.3. The van der Waals surface area contributed by atoms with Gasteiger partial charge < -0.3 is 20.5 Å². The monoisotopic (exact) mass is 404 g/mol. The maximum Gasteiger partial charge on any atom is 0.250 e. The molecular formula is C16H28N4O4S2. The topological polar surface area (TPSA) is 112 Å². The molecule has 1 aliphatic heterocycles. The second-order valence-electron chi connectivity index (χ2n) is 6.23. The van der Waals surface area contributed by atoms with Gasteiger partial charge in [0.15, 0.2) is 5.96 Å². The molecule has 148 valence electrons. The van der Waals surface area contributed by atoms with Crippen LogP contribution in [0.15, 0.2) is 26.7 Å². The Bertz CT molecular complexity index is 656. The first kappa shape index (κ1) is 21.1. The van der Waals surface area contributed by atoms with E-state index in [0.717, 1.165) is 6.42 Å². The molecule has 0 aromatic carbocycles. The van der Waals surface area contributed by atoms with Crippen molar-refractivity contribution >= 4 is 27.3 Å². The van der Waals surface area contributed by atoms with Crippen LogP contribution in [0.1, 0.15) is 19.8 Å². The minimum atomic E-state index is -3.45. The van der Waals surface area contributed by atoms with Gasteiger partial charge in [0.1, 0.15) is 4.21 Å². The minimum Gasteiger partial charge on any atom is -0.396 e. The van der Waals surface area contributed by atoms with Gasteiger partial charge >= 0.3 is 0 Å². The summed E-state index contributed by atoms with van der Waals surface area (Å²) in [7, 11) is -3.45. The lowest BCUT2D eigenvalue weighted by Crippen LogP contribution is -2.42. The van der Waals surface area contributed by atoms with E-state index in [9.17, 15) is 13.5 Å². The molecular weight excluding hydrogens is 376 g/mol. The molecule has 0 saturated carbocycles. The number of aliphatic hydroxyl groups excluding tert-OH is 1. The fraction of sp³-hybridized carbons (Fsp3) is 0.688. The molecule has 4 N–H and O–H groups in total. The van der Waals surface area contributed by atoms with E-state index in [1.54, 1.807) is 17.5 Å². The smallest absolute Gasteiger partial charge is 0.250 e. The van der Waals surface area contributed by atoms with Crippen LogP contribution >= 0.6 is 11.3 Å². The van der Waals surface area contributed by atoms with Crippen molar-refractivity contribution in [3.8, 4) is 0 Å². The molecule has 1 fully saturated rings. The molecule has 26 heavy (non-hydrogen) atoms. The van der Waals surface area contributed by atoms with Gasteiger partial charge in [-0.15, -0.1) is 11.3 Å². The Labute approximate surface area is 159 Å². The second kappa shape index (κ2) is 10.2. The van der Waals surface area contributed by atoms with E-state index in [1.807, 2.05) is 6.92 Å². The van der Waals surface area contributed by atoms with Gasteiger partial charge in [0.25, 0.3) is 0 Å². The molecule has 1 atom stereocenters. The summed E-state index contributed by atoms with van der Waals surface area (Å²) in [6, 6.07) is 3.29. The summed E-state index contributed by atoms with van der Waals surface area (Å²) in [5.74, 6) is 0.632. The van der Waals surface area contributed by atoms with E-state index in [-0.39, 0.29) is 18.6 Å². The first-order valence-corrected chi connectivity index (χ1v) is 11.1. The van der Waals surface area contributed by atoms with Crippen LogP contribution in [0.4, 0.5) is 0 Å². The van der Waals surface area contributed by atoms with Crippen molar-refractivity contribution in [3.05, 3.63) is 17.5 Å². The molecule has 1 unspecified atom stereocenters. The van der Waals surface area contributed by atoms with E-state index < -0.39 is 10.0 Å². The molecule has 0 radical (unpaired) electrons. The number of aliphatic hydroxyl groups is 1. The number of hydrogen-bond donors (Lipinski definition) is 4. The summed E-state index contributed by atoms with van der Waals surface area (Å²) < 4.78 is 32.5. The summed E-state index contributed by atoms with van der Waals surface area (Å²) in [4.78, 5) is 4.60. The Balaban J connectivity index is 1.83. The third-order valence-electron chi connectivity index (χ3n) is 4.21. The molecule has 2 rings (SSSR count). The van der Waals surface area contributed by atoms with Crippen molar-refractivity contribution in [3.63, 3.8) is 0 Å². The fourth-order valence-corrected chi connectivity index (χ4v) is 4.80. The average molecular weight is 405 g/mol. The lowest BCUT2D eigenvalue weighted by atomic mass is 9.84. The van der Waals surface area contributed by atoms with Gasteiger partial charge in [-0.25, -0.2) is 13.1 Å². The zero-order valence-corrected chi connectivity index (χ0v) is 16.7. The van der Waals surface area contributed by atoms with Crippen LogP contribution in [0.25, 0.3) is 0 Å². The average Bonchev–Trinajstić information content (AvgIpc) is 3.29. The van der Waals surface area contributed by atoms with Crippen LogP contribution in [-0.2, 0) is 14.8 Å². The highest BCUT2D eigenvalue weighted by molar-refractivity contribution is 7.91. The molecule has 10 heteroatoms. The number of hydrogen-bond acceptors (Lipinski definition) is 6. The van der Waals surface area contributed by atoms with Gasteiger partial charge in [-0.3, -0.25) is 4.99 Å². The molecule has 1 aliphatic rings. The second-order valence-corrected chi connectivity index (χ2v) is 9.17. The Morgan fingerprint density at radius 2 is 2.27 bits per heavy atom. The van der Waals surface area contributed by atoms with Crippen LogP contribution in [0.3, 0.4) is 0 Å². The van der Waals surface area contributed by atoms with Crippen LogP contribution in [0.2, 0.25) is 0 Å². The van der Waals surface area contributed by atoms with Crippen LogP contribution in [-0.4, -0.2) is 65.5 Å². The largest absolute Gasteiger partial charge is 0.396 e. The summed E-state index contributed by atoms with van der Waals surface area (Å²) in [5.41, 5.74) is -0.113. The number of nitrogens with zero attached hydrogens (tertiary/aromatic N) is 1. The fourth-order valence-electron chi connectivity index (χ4n) is 2.73. The van der Waals surface area contributed by atoms with E-state index in [4.69, 9.17) is 4.74 Å². The Morgan fingerprint density at radius 1 is 1.42 bits per heavy atom. The van der Waals surface area contributed by atoms with Crippen molar-refractivity contribution < 1.29 is 18.3 Å². The van der Waals surface area contributed by atoms with Gasteiger partial charge in [0.05, 0.1) is 13.2 Å². The lowest BCUT2D eigenvalue weighted by Gasteiger charge is -2.24. The van der Waals surface area contributed by atoms with Crippen LogP contribution < -0.4 is 15.4 Å². The number of thiophene rings is 1. The summed E-state index contributed by atoms with van der Waals surface area (Å²) in [6.45, 7) is 5.34. The quantitative estimate of drug-likeness (QED) is 0.255. The Kier molecular flexibility index (Phi) is 8.29. The number of guanidine groups is 1. The number of aliphatic imine (C=N–C) groups is 1. The van der Waals surface area contributed by atoms with Crippen molar-refractivity contribution in [2.75, 3.05) is 46.0 Å². The molecule has 0 aliphatic carbocycles. The predicted molar refractivity (Wildman–Crippen MR) is 103 cm³/mol. The van der Waals surface area contributed by atoms with Crippen LogP contribution in [0, 0.1) is 5.41 Å². The third kappa shape index (κ3) is 6.20.